The van der Waals surface area contributed by atoms with Gasteiger partial charge in [0.25, 0.3) is 11.9 Å². The fourth-order valence-electron chi connectivity index (χ4n) is 2.52. The third-order valence-corrected chi connectivity index (χ3v) is 5.70. The number of nitrogens with zero attached hydrogens (tertiary/aromatic N) is 2. The van der Waals surface area contributed by atoms with Crippen LogP contribution in [0.2, 0.25) is 5.02 Å². The van der Waals surface area contributed by atoms with Crippen LogP contribution in [-0.4, -0.2) is 35.2 Å². The minimum absolute atomic E-state index is 0.0558. The van der Waals surface area contributed by atoms with Crippen molar-refractivity contribution in [3.63, 3.8) is 0 Å². The molecule has 0 fully saturated rings. The summed E-state index contributed by atoms with van der Waals surface area (Å²) in [5, 5.41) is 4.20. The topological polar surface area (TPSA) is 53.4 Å². The first-order chi connectivity index (χ1) is 15.1. The van der Waals surface area contributed by atoms with E-state index in [0.717, 1.165) is 5.56 Å². The van der Waals surface area contributed by atoms with Crippen molar-refractivity contribution in [1.82, 2.24) is 9.78 Å². The molecule has 1 aromatic heterocycles. The number of thioether (sulfide) groups is 1. The summed E-state index contributed by atoms with van der Waals surface area (Å²) in [5.74, 6) is 0.438. The molecule has 0 amide bonds. The van der Waals surface area contributed by atoms with Gasteiger partial charge >= 0.3 is 12.5 Å². The van der Waals surface area contributed by atoms with Crippen molar-refractivity contribution in [3.8, 4) is 0 Å². The summed E-state index contributed by atoms with van der Waals surface area (Å²) in [6.45, 7) is 4.74. The van der Waals surface area contributed by atoms with E-state index >= 15 is 0 Å². The highest BCUT2D eigenvalue weighted by atomic mass is 35.5. The number of aromatic nitrogens is 2. The van der Waals surface area contributed by atoms with Crippen molar-refractivity contribution >= 4 is 23.4 Å². The Morgan fingerprint density at radius 3 is 2.21 bits per heavy atom. The minimum Gasteiger partial charge on any atom is -0.316 e. The zero-order valence-corrected chi connectivity index (χ0v) is 19.3. The predicted molar refractivity (Wildman–Crippen MR) is 111 cm³/mol. The lowest BCUT2D eigenvalue weighted by molar-refractivity contribution is -0.423. The van der Waals surface area contributed by atoms with E-state index in [1.54, 1.807) is 24.3 Å². The molecule has 1 aromatic carbocycles. The van der Waals surface area contributed by atoms with Crippen LogP contribution in [0.3, 0.4) is 0 Å². The number of rotatable bonds is 9. The van der Waals surface area contributed by atoms with Crippen molar-refractivity contribution in [2.24, 2.45) is 0 Å². The Bertz CT molecular complexity index is 993. The number of benzene rings is 1. The average Bonchev–Trinajstić information content (AvgIpc) is 2.67. The molecule has 0 saturated heterocycles. The van der Waals surface area contributed by atoms with Crippen LogP contribution < -0.4 is 5.56 Å². The van der Waals surface area contributed by atoms with Crippen LogP contribution in [0.4, 0.5) is 26.3 Å². The molecule has 2 rings (SSSR count). The quantitative estimate of drug-likeness (QED) is 0.304. The van der Waals surface area contributed by atoms with Gasteiger partial charge in [-0.15, -0.1) is 24.9 Å². The number of hydrogen-bond acceptors (Lipinski definition) is 5. The lowest BCUT2D eigenvalue weighted by atomic mass is 10.1. The Morgan fingerprint density at radius 2 is 1.67 bits per heavy atom. The van der Waals surface area contributed by atoms with E-state index < -0.39 is 36.5 Å². The van der Waals surface area contributed by atoms with Crippen LogP contribution in [0.5, 0.6) is 0 Å². The maximum atomic E-state index is 13.3. The molecular formula is C20H21ClF6N2O3S. The molecule has 0 radical (unpaired) electrons. The zero-order chi connectivity index (χ0) is 25.0. The van der Waals surface area contributed by atoms with Crippen molar-refractivity contribution in [3.05, 3.63) is 57.0 Å². The van der Waals surface area contributed by atoms with Gasteiger partial charge in [-0.2, -0.15) is 13.9 Å². The molecule has 2 aromatic rings. The Kier molecular flexibility index (Phi) is 8.88. The smallest absolute Gasteiger partial charge is 0.316 e. The summed E-state index contributed by atoms with van der Waals surface area (Å²) >= 11 is 7.47. The second-order valence-electron chi connectivity index (χ2n) is 7.86. The third-order valence-electron chi connectivity index (χ3n) is 4.13. The molecular weight excluding hydrogens is 498 g/mol. The summed E-state index contributed by atoms with van der Waals surface area (Å²) in [4.78, 5) is 12.9. The summed E-state index contributed by atoms with van der Waals surface area (Å²) < 4.78 is 82.9. The van der Waals surface area contributed by atoms with Crippen molar-refractivity contribution in [2.75, 3.05) is 6.61 Å². The van der Waals surface area contributed by atoms with Crippen LogP contribution in [-0.2, 0) is 27.2 Å². The minimum atomic E-state index is -5.55. The molecule has 0 aliphatic rings. The molecule has 0 bridgehead atoms. The van der Waals surface area contributed by atoms with Gasteiger partial charge in [-0.25, -0.2) is 13.8 Å². The Morgan fingerprint density at radius 1 is 1.09 bits per heavy atom. The molecule has 5 nitrogen and oxygen atoms in total. The third kappa shape index (κ3) is 8.20. The fourth-order valence-corrected chi connectivity index (χ4v) is 3.66. The molecule has 0 aliphatic carbocycles. The van der Waals surface area contributed by atoms with Gasteiger partial charge in [0.1, 0.15) is 5.02 Å². The van der Waals surface area contributed by atoms with Gasteiger partial charge in [0, 0.05) is 5.75 Å². The monoisotopic (exact) mass is 518 g/mol. The Hall–Kier alpha value is -1.76. The fraction of sp³-hybridized carbons (Fsp3) is 0.500. The molecule has 0 saturated carbocycles. The first-order valence-electron chi connectivity index (χ1n) is 9.49. The van der Waals surface area contributed by atoms with Gasteiger partial charge < -0.3 is 4.74 Å². The normalized spacial score (nSPS) is 13.9. The predicted octanol–water partition coefficient (Wildman–Crippen LogP) is 5.93. The number of halogens is 7. The van der Waals surface area contributed by atoms with E-state index in [0.29, 0.717) is 16.2 Å². The van der Waals surface area contributed by atoms with Gasteiger partial charge in [0.2, 0.25) is 0 Å². The van der Waals surface area contributed by atoms with E-state index in [9.17, 15) is 31.1 Å². The van der Waals surface area contributed by atoms with Gasteiger partial charge in [0.05, 0.1) is 23.2 Å². The van der Waals surface area contributed by atoms with Gasteiger partial charge in [-0.1, -0.05) is 35.9 Å². The molecule has 0 N–H and O–H groups in total. The summed E-state index contributed by atoms with van der Waals surface area (Å²) in [5.41, 5.74) is 0.439. The zero-order valence-electron chi connectivity index (χ0n) is 17.8. The summed E-state index contributed by atoms with van der Waals surface area (Å²) in [7, 11) is 0. The highest BCUT2D eigenvalue weighted by Crippen LogP contribution is 2.31. The number of ether oxygens (including phenoxy) is 2. The second kappa shape index (κ2) is 10.7. The SMILES string of the molecule is CC(C)(C)n1ncc(SCc2ccc(CCOC(F)(F)C(F)OC(F)(F)F)cc2)c(Cl)c1=O. The summed E-state index contributed by atoms with van der Waals surface area (Å²) in [6, 6.07) is 6.60. The van der Waals surface area contributed by atoms with Crippen LogP contribution in [0, 0.1) is 0 Å². The highest BCUT2D eigenvalue weighted by molar-refractivity contribution is 7.98. The highest BCUT2D eigenvalue weighted by Gasteiger charge is 2.49. The largest absolute Gasteiger partial charge is 0.525 e. The van der Waals surface area contributed by atoms with E-state index in [2.05, 4.69) is 14.6 Å². The Balaban J connectivity index is 1.90. The van der Waals surface area contributed by atoms with Crippen molar-refractivity contribution in [1.29, 1.82) is 0 Å². The molecule has 1 unspecified atom stereocenters. The van der Waals surface area contributed by atoms with Gasteiger partial charge in [-0.3, -0.25) is 4.79 Å². The average molecular weight is 519 g/mol. The number of alkyl halides is 6. The molecule has 184 valence electrons. The molecule has 0 aliphatic heterocycles. The lowest BCUT2D eigenvalue weighted by Gasteiger charge is -2.21. The number of hydrogen-bond donors (Lipinski definition) is 0. The van der Waals surface area contributed by atoms with Crippen LogP contribution in [0.25, 0.3) is 0 Å². The first kappa shape index (κ1) is 27.5. The molecule has 0 spiro atoms. The van der Waals surface area contributed by atoms with E-state index in [4.69, 9.17) is 11.6 Å². The van der Waals surface area contributed by atoms with Crippen LogP contribution in [0.1, 0.15) is 31.9 Å². The maximum absolute atomic E-state index is 13.3. The van der Waals surface area contributed by atoms with Crippen LogP contribution in [0.15, 0.2) is 40.2 Å². The van der Waals surface area contributed by atoms with Crippen molar-refractivity contribution < 1.29 is 35.8 Å². The molecule has 1 atom stereocenters. The van der Waals surface area contributed by atoms with E-state index in [1.165, 1.54) is 22.6 Å². The molecule has 13 heteroatoms. The second-order valence-corrected chi connectivity index (χ2v) is 9.25. The summed E-state index contributed by atoms with van der Waals surface area (Å²) in [6.07, 6.45) is -12.9. The lowest BCUT2D eigenvalue weighted by Crippen LogP contribution is -2.39. The van der Waals surface area contributed by atoms with Crippen molar-refractivity contribution in [2.45, 2.75) is 62.2 Å². The molecule has 1 heterocycles. The standard InChI is InChI=1S/C20H21ClF6N2O3S/c1-18(2,3)29-16(30)15(21)14(10-28-29)33-11-13-6-4-12(5-7-13)8-9-31-19(23,24)17(22)32-20(25,26)27/h4-7,10,17H,8-9,11H2,1-3H3. The molecule has 33 heavy (non-hydrogen) atoms. The first-order valence-corrected chi connectivity index (χ1v) is 10.9. The van der Waals surface area contributed by atoms with Gasteiger partial charge in [-0.05, 0) is 38.3 Å². The maximum Gasteiger partial charge on any atom is 0.525 e. The van der Waals surface area contributed by atoms with E-state index in [-0.39, 0.29) is 11.4 Å². The van der Waals surface area contributed by atoms with Crippen LogP contribution >= 0.6 is 23.4 Å². The van der Waals surface area contributed by atoms with E-state index in [1.807, 2.05) is 20.8 Å². The Labute approximate surface area is 195 Å². The van der Waals surface area contributed by atoms with Gasteiger partial charge in [0.15, 0.2) is 0 Å².